The number of rotatable bonds is 0. The van der Waals surface area contributed by atoms with Gasteiger partial charge in [0, 0.05) is 11.5 Å². The van der Waals surface area contributed by atoms with Crippen molar-refractivity contribution in [3.63, 3.8) is 0 Å². The zero-order chi connectivity index (χ0) is 6.16. The average Bonchev–Trinajstić information content (AvgIpc) is 2.45. The molecule has 2 fully saturated rings. The number of hydrogen-bond donors (Lipinski definition) is 0. The van der Waals surface area contributed by atoms with E-state index in [1.165, 1.54) is 37.2 Å². The molecule has 1 aliphatic carbocycles. The third-order valence-electron chi connectivity index (χ3n) is 2.18. The van der Waals surface area contributed by atoms with Gasteiger partial charge < -0.3 is 0 Å². The van der Waals surface area contributed by atoms with Gasteiger partial charge in [-0.05, 0) is 12.8 Å². The van der Waals surface area contributed by atoms with E-state index in [0.717, 1.165) is 4.08 Å². The average molecular weight is 160 g/mol. The van der Waals surface area contributed by atoms with Crippen molar-refractivity contribution in [2.24, 2.45) is 0 Å². The van der Waals surface area contributed by atoms with E-state index in [1.807, 2.05) is 0 Å². The molecule has 9 heavy (non-hydrogen) atoms. The fourth-order valence-corrected chi connectivity index (χ4v) is 5.10. The van der Waals surface area contributed by atoms with Gasteiger partial charge in [0.2, 0.25) is 0 Å². The summed E-state index contributed by atoms with van der Waals surface area (Å²) in [6, 6.07) is 0. The summed E-state index contributed by atoms with van der Waals surface area (Å²) in [6.07, 6.45) is 5.95. The molecule has 0 aromatic carbocycles. The van der Waals surface area contributed by atoms with E-state index in [2.05, 4.69) is 23.5 Å². The molecule has 1 saturated carbocycles. The third-order valence-corrected chi connectivity index (χ3v) is 5.83. The Morgan fingerprint density at radius 1 is 0.889 bits per heavy atom. The minimum atomic E-state index is 0.722. The number of hydrogen-bond acceptors (Lipinski definition) is 2. The van der Waals surface area contributed by atoms with Crippen molar-refractivity contribution < 1.29 is 0 Å². The maximum absolute atomic E-state index is 2.22. The van der Waals surface area contributed by atoms with Crippen LogP contribution < -0.4 is 0 Å². The van der Waals surface area contributed by atoms with Crippen LogP contribution in [-0.4, -0.2) is 15.6 Å². The van der Waals surface area contributed by atoms with Crippen molar-refractivity contribution in [3.8, 4) is 0 Å². The molecule has 1 heterocycles. The van der Waals surface area contributed by atoms with Crippen LogP contribution in [0.15, 0.2) is 0 Å². The summed E-state index contributed by atoms with van der Waals surface area (Å²) in [6.45, 7) is 0. The first-order valence-corrected chi connectivity index (χ1v) is 5.66. The monoisotopic (exact) mass is 160 g/mol. The Morgan fingerprint density at radius 2 is 1.44 bits per heavy atom. The van der Waals surface area contributed by atoms with Gasteiger partial charge in [-0.25, -0.2) is 0 Å². The smallest absolute Gasteiger partial charge is 0.0611 e. The molecule has 0 aromatic rings. The number of thioether (sulfide) groups is 2. The fourth-order valence-electron chi connectivity index (χ4n) is 1.70. The Labute approximate surface area is 65.2 Å². The lowest BCUT2D eigenvalue weighted by Gasteiger charge is -2.18. The van der Waals surface area contributed by atoms with Crippen LogP contribution in [0.3, 0.4) is 0 Å². The molecule has 0 bridgehead atoms. The second-order valence-electron chi connectivity index (χ2n) is 2.81. The van der Waals surface area contributed by atoms with E-state index < -0.39 is 0 Å². The molecule has 0 aromatic heterocycles. The molecule has 2 rings (SSSR count). The lowest BCUT2D eigenvalue weighted by atomic mass is 10.4. The van der Waals surface area contributed by atoms with E-state index in [4.69, 9.17) is 0 Å². The summed E-state index contributed by atoms with van der Waals surface area (Å²) in [5.74, 6) is 2.81. The van der Waals surface area contributed by atoms with Gasteiger partial charge >= 0.3 is 0 Å². The van der Waals surface area contributed by atoms with Crippen LogP contribution >= 0.6 is 23.5 Å². The van der Waals surface area contributed by atoms with E-state index >= 15 is 0 Å². The molecule has 0 N–H and O–H groups in total. The quantitative estimate of drug-likeness (QED) is 0.534. The summed E-state index contributed by atoms with van der Waals surface area (Å²) < 4.78 is 0.722. The highest BCUT2D eigenvalue weighted by Gasteiger charge is 2.37. The van der Waals surface area contributed by atoms with Gasteiger partial charge in [0.05, 0.1) is 4.08 Å². The van der Waals surface area contributed by atoms with Crippen LogP contribution in [0.4, 0.5) is 0 Å². The zero-order valence-electron chi connectivity index (χ0n) is 5.56. The molecule has 0 radical (unpaired) electrons. The SMILES string of the molecule is C1CCC2(C1)SCCS2. The lowest BCUT2D eigenvalue weighted by molar-refractivity contribution is 0.851. The lowest BCUT2D eigenvalue weighted by Crippen LogP contribution is -2.08. The first-order chi connectivity index (χ1) is 4.41. The van der Waals surface area contributed by atoms with Crippen molar-refractivity contribution in [2.75, 3.05) is 11.5 Å². The molecule has 1 saturated heterocycles. The molecular formula is C7H12S2. The van der Waals surface area contributed by atoms with Gasteiger partial charge in [0.25, 0.3) is 0 Å². The van der Waals surface area contributed by atoms with Crippen molar-refractivity contribution in [2.45, 2.75) is 29.8 Å². The van der Waals surface area contributed by atoms with Crippen molar-refractivity contribution in [1.82, 2.24) is 0 Å². The maximum atomic E-state index is 2.22. The van der Waals surface area contributed by atoms with Gasteiger partial charge in [-0.15, -0.1) is 23.5 Å². The van der Waals surface area contributed by atoms with E-state index in [-0.39, 0.29) is 0 Å². The highest BCUT2D eigenvalue weighted by Crippen LogP contribution is 2.53. The van der Waals surface area contributed by atoms with Crippen LogP contribution in [0.1, 0.15) is 25.7 Å². The van der Waals surface area contributed by atoms with Gasteiger partial charge in [-0.1, -0.05) is 12.8 Å². The van der Waals surface area contributed by atoms with Gasteiger partial charge in [0.15, 0.2) is 0 Å². The van der Waals surface area contributed by atoms with Crippen molar-refractivity contribution >= 4 is 23.5 Å². The summed E-state index contributed by atoms with van der Waals surface area (Å²) in [4.78, 5) is 0. The Balaban J connectivity index is 2.04. The fraction of sp³-hybridized carbons (Fsp3) is 1.00. The molecule has 52 valence electrons. The highest BCUT2D eigenvalue weighted by atomic mass is 32.2. The predicted octanol–water partition coefficient (Wildman–Crippen LogP) is 2.74. The van der Waals surface area contributed by atoms with Crippen LogP contribution in [0.5, 0.6) is 0 Å². The topological polar surface area (TPSA) is 0 Å². The largest absolute Gasteiger partial charge is 0.143 e. The summed E-state index contributed by atoms with van der Waals surface area (Å²) in [5, 5.41) is 0. The zero-order valence-corrected chi connectivity index (χ0v) is 7.19. The first kappa shape index (κ1) is 6.41. The molecule has 0 unspecified atom stereocenters. The summed E-state index contributed by atoms with van der Waals surface area (Å²) in [5.41, 5.74) is 0. The standard InChI is InChI=1S/C7H12S2/c1-2-4-7(3-1)8-5-6-9-7/h1-6H2. The molecule has 1 aliphatic heterocycles. The second kappa shape index (κ2) is 2.39. The first-order valence-electron chi connectivity index (χ1n) is 3.69. The summed E-state index contributed by atoms with van der Waals surface area (Å²) in [7, 11) is 0. The predicted molar refractivity (Wildman–Crippen MR) is 46.1 cm³/mol. The maximum Gasteiger partial charge on any atom is 0.0611 e. The molecule has 2 aliphatic rings. The second-order valence-corrected chi connectivity index (χ2v) is 6.03. The minimum absolute atomic E-state index is 0.722. The van der Waals surface area contributed by atoms with Crippen LogP contribution in [0, 0.1) is 0 Å². The Morgan fingerprint density at radius 3 is 2.00 bits per heavy atom. The Hall–Kier alpha value is 0.700. The third kappa shape index (κ3) is 1.12. The Kier molecular flexibility index (Phi) is 1.70. The van der Waals surface area contributed by atoms with E-state index in [1.54, 1.807) is 0 Å². The Bertz CT molecular complexity index is 82.0. The van der Waals surface area contributed by atoms with Crippen molar-refractivity contribution in [3.05, 3.63) is 0 Å². The summed E-state index contributed by atoms with van der Waals surface area (Å²) >= 11 is 4.43. The van der Waals surface area contributed by atoms with Crippen LogP contribution in [-0.2, 0) is 0 Å². The minimum Gasteiger partial charge on any atom is -0.143 e. The molecule has 0 nitrogen and oxygen atoms in total. The molecule has 2 heteroatoms. The van der Waals surface area contributed by atoms with E-state index in [9.17, 15) is 0 Å². The molecular weight excluding hydrogens is 148 g/mol. The van der Waals surface area contributed by atoms with Crippen LogP contribution in [0.2, 0.25) is 0 Å². The molecule has 1 spiro atoms. The van der Waals surface area contributed by atoms with Crippen LogP contribution in [0.25, 0.3) is 0 Å². The van der Waals surface area contributed by atoms with Gasteiger partial charge in [-0.3, -0.25) is 0 Å². The highest BCUT2D eigenvalue weighted by molar-refractivity contribution is 8.21. The molecule has 0 amide bonds. The van der Waals surface area contributed by atoms with Gasteiger partial charge in [-0.2, -0.15) is 0 Å². The normalized spacial score (nSPS) is 32.0. The van der Waals surface area contributed by atoms with Crippen molar-refractivity contribution in [1.29, 1.82) is 0 Å². The van der Waals surface area contributed by atoms with E-state index in [0.29, 0.717) is 0 Å². The molecule has 0 atom stereocenters. The van der Waals surface area contributed by atoms with Gasteiger partial charge in [0.1, 0.15) is 0 Å².